The van der Waals surface area contributed by atoms with Crippen LogP contribution in [0.5, 0.6) is 0 Å². The summed E-state index contributed by atoms with van der Waals surface area (Å²) in [5.41, 5.74) is 3.34. The zero-order valence-electron chi connectivity index (χ0n) is 15.1. The molecule has 6 heteroatoms. The molecule has 1 aromatic heterocycles. The highest BCUT2D eigenvalue weighted by atomic mass is 35.5. The van der Waals surface area contributed by atoms with Crippen molar-refractivity contribution in [2.45, 2.75) is 6.92 Å². The van der Waals surface area contributed by atoms with Gasteiger partial charge in [-0.15, -0.1) is 5.10 Å². The van der Waals surface area contributed by atoms with Crippen LogP contribution >= 0.6 is 11.6 Å². The zero-order chi connectivity index (χ0) is 19.5. The van der Waals surface area contributed by atoms with E-state index in [0.29, 0.717) is 16.5 Å². The van der Waals surface area contributed by atoms with Crippen LogP contribution in [0.2, 0.25) is 5.02 Å². The van der Waals surface area contributed by atoms with Crippen LogP contribution in [0.1, 0.15) is 16.2 Å². The first kappa shape index (κ1) is 17.9. The van der Waals surface area contributed by atoms with Gasteiger partial charge in [-0.2, -0.15) is 0 Å². The fourth-order valence-corrected chi connectivity index (χ4v) is 3.06. The molecular weight excluding hydrogens is 372 g/mol. The van der Waals surface area contributed by atoms with Crippen LogP contribution in [-0.4, -0.2) is 20.7 Å². The zero-order valence-corrected chi connectivity index (χ0v) is 15.9. The van der Waals surface area contributed by atoms with Gasteiger partial charge in [0.15, 0.2) is 5.82 Å². The van der Waals surface area contributed by atoms with E-state index in [4.69, 9.17) is 11.6 Å². The normalized spacial score (nSPS) is 10.6. The van der Waals surface area contributed by atoms with Crippen LogP contribution in [-0.2, 0) is 0 Å². The molecule has 0 spiro atoms. The molecule has 0 saturated heterocycles. The van der Waals surface area contributed by atoms with Crippen molar-refractivity contribution in [3.63, 3.8) is 0 Å². The summed E-state index contributed by atoms with van der Waals surface area (Å²) in [6.45, 7) is 1.97. The van der Waals surface area contributed by atoms with Gasteiger partial charge in [0.2, 0.25) is 5.82 Å². The average molecular weight is 389 g/mol. The number of carbonyl (C=O) groups is 1. The number of hydrogen-bond acceptors (Lipinski definition) is 3. The van der Waals surface area contributed by atoms with Gasteiger partial charge in [0.05, 0.1) is 5.69 Å². The highest BCUT2D eigenvalue weighted by Crippen LogP contribution is 2.23. The van der Waals surface area contributed by atoms with Gasteiger partial charge in [-0.25, -0.2) is 9.67 Å². The Morgan fingerprint density at radius 3 is 2.50 bits per heavy atom. The second-order valence-electron chi connectivity index (χ2n) is 6.34. The van der Waals surface area contributed by atoms with Crippen LogP contribution in [0, 0.1) is 6.92 Å². The largest absolute Gasteiger partial charge is 0.319 e. The number of benzene rings is 3. The molecule has 1 N–H and O–H groups in total. The van der Waals surface area contributed by atoms with Crippen molar-refractivity contribution in [1.82, 2.24) is 14.8 Å². The van der Waals surface area contributed by atoms with Gasteiger partial charge >= 0.3 is 0 Å². The van der Waals surface area contributed by atoms with Gasteiger partial charge in [-0.1, -0.05) is 60.1 Å². The fraction of sp³-hybridized carbons (Fsp3) is 0.0455. The summed E-state index contributed by atoms with van der Waals surface area (Å²) in [6, 6.07) is 24.5. The summed E-state index contributed by atoms with van der Waals surface area (Å²) >= 11 is 6.14. The minimum absolute atomic E-state index is 0.0836. The summed E-state index contributed by atoms with van der Waals surface area (Å²) in [7, 11) is 0. The first-order valence-corrected chi connectivity index (χ1v) is 9.14. The highest BCUT2D eigenvalue weighted by molar-refractivity contribution is 6.30. The van der Waals surface area contributed by atoms with E-state index in [0.717, 1.165) is 16.8 Å². The monoisotopic (exact) mass is 388 g/mol. The Morgan fingerprint density at radius 2 is 1.75 bits per heavy atom. The first-order valence-electron chi connectivity index (χ1n) is 8.76. The number of anilines is 1. The smallest absolute Gasteiger partial charge is 0.295 e. The molecule has 138 valence electrons. The molecule has 3 aromatic carbocycles. The lowest BCUT2D eigenvalue weighted by Gasteiger charge is -2.06. The number of halogens is 1. The van der Waals surface area contributed by atoms with Gasteiger partial charge in [0, 0.05) is 16.3 Å². The molecule has 0 unspecified atom stereocenters. The number of aryl methyl sites for hydroxylation is 1. The van der Waals surface area contributed by atoms with Crippen molar-refractivity contribution in [2.24, 2.45) is 0 Å². The molecule has 0 saturated carbocycles. The third kappa shape index (κ3) is 3.80. The topological polar surface area (TPSA) is 59.8 Å². The minimum Gasteiger partial charge on any atom is -0.319 e. The minimum atomic E-state index is -0.372. The van der Waals surface area contributed by atoms with E-state index in [1.165, 1.54) is 0 Å². The first-order chi connectivity index (χ1) is 13.6. The second kappa shape index (κ2) is 7.66. The van der Waals surface area contributed by atoms with E-state index in [1.807, 2.05) is 73.7 Å². The van der Waals surface area contributed by atoms with Crippen LogP contribution in [0.25, 0.3) is 17.1 Å². The third-order valence-corrected chi connectivity index (χ3v) is 4.41. The van der Waals surface area contributed by atoms with E-state index >= 15 is 0 Å². The predicted octanol–water partition coefficient (Wildman–Crippen LogP) is 5.15. The summed E-state index contributed by atoms with van der Waals surface area (Å²) in [5, 5.41) is 7.88. The Labute approximate surface area is 167 Å². The van der Waals surface area contributed by atoms with Crippen molar-refractivity contribution < 1.29 is 4.79 Å². The molecule has 0 aliphatic heterocycles. The lowest BCUT2D eigenvalue weighted by molar-refractivity contribution is 0.101. The number of amides is 1. The van der Waals surface area contributed by atoms with Crippen molar-refractivity contribution in [3.8, 4) is 17.1 Å². The molecule has 0 aliphatic rings. The highest BCUT2D eigenvalue weighted by Gasteiger charge is 2.19. The Hall–Kier alpha value is -3.44. The molecule has 0 radical (unpaired) electrons. The quantitative estimate of drug-likeness (QED) is 0.526. The SMILES string of the molecule is Cc1cccc(NC(=O)c2nc(-c3ccccc3)n(-c3cccc(Cl)c3)n2)c1. The number of nitrogens with zero attached hydrogens (tertiary/aromatic N) is 3. The summed E-state index contributed by atoms with van der Waals surface area (Å²) in [6.07, 6.45) is 0. The van der Waals surface area contributed by atoms with Crippen molar-refractivity contribution in [2.75, 3.05) is 5.32 Å². The van der Waals surface area contributed by atoms with Crippen LogP contribution < -0.4 is 5.32 Å². The summed E-state index contributed by atoms with van der Waals surface area (Å²) < 4.78 is 1.63. The standard InChI is InChI=1S/C22H17ClN4O/c1-15-7-5-11-18(13-15)24-22(28)20-25-21(16-8-3-2-4-9-16)27(26-20)19-12-6-10-17(23)14-19/h2-14H,1H3,(H,24,28). The maximum Gasteiger partial charge on any atom is 0.295 e. The number of nitrogens with one attached hydrogen (secondary N) is 1. The van der Waals surface area contributed by atoms with E-state index in [1.54, 1.807) is 16.8 Å². The molecular formula is C22H17ClN4O. The lowest BCUT2D eigenvalue weighted by Crippen LogP contribution is -2.14. The molecule has 0 fully saturated rings. The lowest BCUT2D eigenvalue weighted by atomic mass is 10.2. The Bertz CT molecular complexity index is 1140. The van der Waals surface area contributed by atoms with Gasteiger partial charge < -0.3 is 5.32 Å². The van der Waals surface area contributed by atoms with Crippen molar-refractivity contribution in [1.29, 1.82) is 0 Å². The molecule has 0 aliphatic carbocycles. The maximum absolute atomic E-state index is 12.7. The Kier molecular flexibility index (Phi) is 4.91. The van der Waals surface area contributed by atoms with Gasteiger partial charge in [0.1, 0.15) is 0 Å². The van der Waals surface area contributed by atoms with E-state index < -0.39 is 0 Å². The van der Waals surface area contributed by atoms with Crippen LogP contribution in [0.4, 0.5) is 5.69 Å². The molecule has 0 bridgehead atoms. The number of carbonyl (C=O) groups excluding carboxylic acids is 1. The molecule has 4 aromatic rings. The third-order valence-electron chi connectivity index (χ3n) is 4.17. The summed E-state index contributed by atoms with van der Waals surface area (Å²) in [4.78, 5) is 17.2. The Balaban J connectivity index is 1.76. The molecule has 28 heavy (non-hydrogen) atoms. The number of rotatable bonds is 4. The van der Waals surface area contributed by atoms with Gasteiger partial charge in [-0.3, -0.25) is 4.79 Å². The van der Waals surface area contributed by atoms with E-state index in [9.17, 15) is 4.79 Å². The van der Waals surface area contributed by atoms with Gasteiger partial charge in [0.25, 0.3) is 5.91 Å². The van der Waals surface area contributed by atoms with Crippen LogP contribution in [0.3, 0.4) is 0 Å². The van der Waals surface area contributed by atoms with E-state index in [-0.39, 0.29) is 11.7 Å². The number of hydrogen-bond donors (Lipinski definition) is 1. The molecule has 1 heterocycles. The molecule has 4 rings (SSSR count). The number of aromatic nitrogens is 3. The fourth-order valence-electron chi connectivity index (χ4n) is 2.88. The van der Waals surface area contributed by atoms with Gasteiger partial charge in [-0.05, 0) is 42.8 Å². The summed E-state index contributed by atoms with van der Waals surface area (Å²) in [5.74, 6) is 0.279. The van der Waals surface area contributed by atoms with Crippen LogP contribution in [0.15, 0.2) is 78.9 Å². The van der Waals surface area contributed by atoms with Crippen molar-refractivity contribution >= 4 is 23.2 Å². The molecule has 5 nitrogen and oxygen atoms in total. The molecule has 0 atom stereocenters. The Morgan fingerprint density at radius 1 is 0.964 bits per heavy atom. The average Bonchev–Trinajstić information content (AvgIpc) is 3.14. The predicted molar refractivity (Wildman–Crippen MR) is 111 cm³/mol. The second-order valence-corrected chi connectivity index (χ2v) is 6.78. The maximum atomic E-state index is 12.7. The van der Waals surface area contributed by atoms with E-state index in [2.05, 4.69) is 15.4 Å². The molecule has 1 amide bonds. The van der Waals surface area contributed by atoms with Crippen molar-refractivity contribution in [3.05, 3.63) is 95.3 Å².